The summed E-state index contributed by atoms with van der Waals surface area (Å²) in [5.74, 6) is -1.43. The summed E-state index contributed by atoms with van der Waals surface area (Å²) < 4.78 is 71.4. The molecule has 36 heavy (non-hydrogen) atoms. The van der Waals surface area contributed by atoms with Gasteiger partial charge in [-0.15, -0.1) is 0 Å². The van der Waals surface area contributed by atoms with Crippen molar-refractivity contribution < 1.29 is 31.5 Å². The van der Waals surface area contributed by atoms with Crippen molar-refractivity contribution in [2.75, 3.05) is 6.54 Å². The van der Waals surface area contributed by atoms with Crippen LogP contribution in [-0.4, -0.2) is 35.0 Å². The lowest BCUT2D eigenvalue weighted by Crippen LogP contribution is -2.31. The summed E-state index contributed by atoms with van der Waals surface area (Å²) in [6, 6.07) is 3.93. The average Bonchev–Trinajstić information content (AvgIpc) is 3.14. The molecule has 0 bridgehead atoms. The molecule has 1 aliphatic rings. The van der Waals surface area contributed by atoms with Crippen LogP contribution in [0.15, 0.2) is 18.2 Å². The monoisotopic (exact) mass is 535 g/mol. The number of rotatable bonds is 9. The lowest BCUT2D eigenvalue weighted by molar-refractivity contribution is -0.169. The minimum absolute atomic E-state index is 0.0397. The molecular formula is C25H31ClF5N3O2. The van der Waals surface area contributed by atoms with Gasteiger partial charge in [0, 0.05) is 18.7 Å². The number of nitrogens with zero attached hydrogens (tertiary/aromatic N) is 2. The van der Waals surface area contributed by atoms with Gasteiger partial charge in [0.1, 0.15) is 5.75 Å². The number of ether oxygens (including phenoxy) is 1. The highest BCUT2D eigenvalue weighted by molar-refractivity contribution is 6.36. The molecule has 1 aromatic carbocycles. The van der Waals surface area contributed by atoms with Crippen molar-refractivity contribution in [1.29, 1.82) is 0 Å². The standard InChI is InChI=1S/C25H31ClF5N3O2/c1-4-34-22(20(26)21(33-34)23(35)32-13-16-7-5-14(2)6-8-16)18-10-9-17(11-15(3)25(29,30)31)12-19(18)36-24(27)28/h9-10,12,14-16,24H,4-8,11,13H2,1-3H3,(H,32,35)/t14?,15-,16?/m1/s1. The van der Waals surface area contributed by atoms with Crippen LogP contribution in [0.1, 0.15) is 62.5 Å². The van der Waals surface area contributed by atoms with Crippen LogP contribution in [0.4, 0.5) is 22.0 Å². The number of hydrogen-bond donors (Lipinski definition) is 1. The number of aryl methyl sites for hydroxylation is 1. The van der Waals surface area contributed by atoms with E-state index in [0.29, 0.717) is 18.4 Å². The molecule has 0 radical (unpaired) electrons. The number of nitrogens with one attached hydrogen (secondary N) is 1. The minimum Gasteiger partial charge on any atom is -0.434 e. The fourth-order valence-electron chi connectivity index (χ4n) is 4.48. The fraction of sp³-hybridized carbons (Fsp3) is 0.600. The van der Waals surface area contributed by atoms with E-state index in [4.69, 9.17) is 11.6 Å². The number of amides is 1. The Bertz CT molecular complexity index is 1050. The van der Waals surface area contributed by atoms with Gasteiger partial charge in [0.25, 0.3) is 5.91 Å². The topological polar surface area (TPSA) is 56.2 Å². The van der Waals surface area contributed by atoms with Crippen molar-refractivity contribution in [3.8, 4) is 17.0 Å². The van der Waals surface area contributed by atoms with Gasteiger partial charge in [-0.05, 0) is 55.7 Å². The van der Waals surface area contributed by atoms with Crippen molar-refractivity contribution in [2.45, 2.75) is 72.2 Å². The number of hydrogen-bond acceptors (Lipinski definition) is 3. The highest BCUT2D eigenvalue weighted by atomic mass is 35.5. The zero-order chi connectivity index (χ0) is 26.6. The lowest BCUT2D eigenvalue weighted by Gasteiger charge is -2.26. The molecule has 5 nitrogen and oxygen atoms in total. The lowest BCUT2D eigenvalue weighted by atomic mass is 9.83. The van der Waals surface area contributed by atoms with Gasteiger partial charge in [-0.3, -0.25) is 9.48 Å². The van der Waals surface area contributed by atoms with Crippen molar-refractivity contribution in [2.24, 2.45) is 17.8 Å². The Morgan fingerprint density at radius 1 is 1.25 bits per heavy atom. The molecule has 3 rings (SSSR count). The van der Waals surface area contributed by atoms with Gasteiger partial charge in [-0.2, -0.15) is 27.1 Å². The zero-order valence-corrected chi connectivity index (χ0v) is 21.2. The van der Waals surface area contributed by atoms with Crippen molar-refractivity contribution in [1.82, 2.24) is 15.1 Å². The maximum atomic E-state index is 13.2. The first-order valence-corrected chi connectivity index (χ1v) is 12.5. The van der Waals surface area contributed by atoms with Crippen LogP contribution in [0, 0.1) is 17.8 Å². The Labute approximate surface area is 212 Å². The Morgan fingerprint density at radius 3 is 2.50 bits per heavy atom. The second-order valence-electron chi connectivity index (χ2n) is 9.52. The normalized spacial score (nSPS) is 19.4. The van der Waals surface area contributed by atoms with E-state index in [-0.39, 0.29) is 39.8 Å². The zero-order valence-electron chi connectivity index (χ0n) is 20.5. The molecule has 0 unspecified atom stereocenters. The summed E-state index contributed by atoms with van der Waals surface area (Å²) in [6.45, 7) is 2.51. The van der Waals surface area contributed by atoms with Gasteiger partial charge in [-0.25, -0.2) is 0 Å². The second kappa shape index (κ2) is 11.8. The number of alkyl halides is 5. The molecule has 11 heteroatoms. The first kappa shape index (κ1) is 28.2. The van der Waals surface area contributed by atoms with Gasteiger partial charge in [-0.1, -0.05) is 44.4 Å². The Balaban J connectivity index is 1.89. The van der Waals surface area contributed by atoms with Crippen molar-refractivity contribution in [3.63, 3.8) is 0 Å². The molecule has 1 fully saturated rings. The number of aromatic nitrogens is 2. The molecule has 0 saturated heterocycles. The summed E-state index contributed by atoms with van der Waals surface area (Å²) in [5, 5.41) is 7.12. The quantitative estimate of drug-likeness (QED) is 0.348. The number of carbonyl (C=O) groups excluding carboxylic acids is 1. The largest absolute Gasteiger partial charge is 0.434 e. The van der Waals surface area contributed by atoms with E-state index in [0.717, 1.165) is 38.7 Å². The molecular weight excluding hydrogens is 505 g/mol. The van der Waals surface area contributed by atoms with Crippen molar-refractivity contribution in [3.05, 3.63) is 34.5 Å². The van der Waals surface area contributed by atoms with E-state index in [9.17, 15) is 26.7 Å². The number of carbonyl (C=O) groups is 1. The third kappa shape index (κ3) is 6.89. The minimum atomic E-state index is -4.43. The predicted octanol–water partition coefficient (Wildman–Crippen LogP) is 7.12. The predicted molar refractivity (Wildman–Crippen MR) is 127 cm³/mol. The summed E-state index contributed by atoms with van der Waals surface area (Å²) >= 11 is 6.53. The Kier molecular flexibility index (Phi) is 9.24. The van der Waals surface area contributed by atoms with Crippen molar-refractivity contribution >= 4 is 17.5 Å². The molecule has 0 spiro atoms. The average molecular weight is 536 g/mol. The second-order valence-corrected chi connectivity index (χ2v) is 9.90. The van der Waals surface area contributed by atoms with E-state index >= 15 is 0 Å². The highest BCUT2D eigenvalue weighted by Crippen LogP contribution is 2.39. The smallest absolute Gasteiger partial charge is 0.391 e. The highest BCUT2D eigenvalue weighted by Gasteiger charge is 2.36. The van der Waals surface area contributed by atoms with E-state index in [1.165, 1.54) is 16.8 Å². The molecule has 1 aliphatic carbocycles. The molecule has 1 N–H and O–H groups in total. The van der Waals surface area contributed by atoms with Gasteiger partial charge < -0.3 is 10.1 Å². The number of halogens is 6. The third-order valence-corrected chi connectivity index (χ3v) is 7.07. The SMILES string of the molecule is CCn1nc(C(=O)NCC2CCC(C)CC2)c(Cl)c1-c1ccc(C[C@@H](C)C(F)(F)F)cc1OC(F)F. The molecule has 1 amide bonds. The van der Waals surface area contributed by atoms with Crippen LogP contribution >= 0.6 is 11.6 Å². The van der Waals surface area contributed by atoms with Crippen LogP contribution in [0.3, 0.4) is 0 Å². The van der Waals surface area contributed by atoms with Crippen LogP contribution in [0.2, 0.25) is 5.02 Å². The van der Waals surface area contributed by atoms with Crippen LogP contribution in [0.5, 0.6) is 5.75 Å². The van der Waals surface area contributed by atoms with E-state index in [2.05, 4.69) is 22.1 Å². The van der Waals surface area contributed by atoms with E-state index in [1.807, 2.05) is 0 Å². The van der Waals surface area contributed by atoms with Gasteiger partial charge in [0.15, 0.2) is 5.69 Å². The third-order valence-electron chi connectivity index (χ3n) is 6.71. The molecule has 1 heterocycles. The summed E-state index contributed by atoms with van der Waals surface area (Å²) in [7, 11) is 0. The molecule has 200 valence electrons. The maximum absolute atomic E-state index is 13.2. The molecule has 2 aromatic rings. The van der Waals surface area contributed by atoms with E-state index in [1.54, 1.807) is 6.92 Å². The Hall–Kier alpha value is -2.36. The summed E-state index contributed by atoms with van der Waals surface area (Å²) in [4.78, 5) is 12.9. The molecule has 1 saturated carbocycles. The fourth-order valence-corrected chi connectivity index (χ4v) is 4.80. The molecule has 1 aromatic heterocycles. The summed E-state index contributed by atoms with van der Waals surface area (Å²) in [6.07, 6.45) is -0.557. The first-order valence-electron chi connectivity index (χ1n) is 12.1. The van der Waals surface area contributed by atoms with Crippen LogP contribution in [0.25, 0.3) is 11.3 Å². The Morgan fingerprint density at radius 2 is 1.92 bits per heavy atom. The van der Waals surface area contributed by atoms with E-state index < -0.39 is 31.0 Å². The maximum Gasteiger partial charge on any atom is 0.391 e. The first-order chi connectivity index (χ1) is 16.9. The molecule has 0 aliphatic heterocycles. The molecule has 1 atom stereocenters. The van der Waals surface area contributed by atoms with Gasteiger partial charge in [0.05, 0.1) is 16.6 Å². The number of benzene rings is 1. The van der Waals surface area contributed by atoms with Gasteiger partial charge >= 0.3 is 12.8 Å². The summed E-state index contributed by atoms with van der Waals surface area (Å²) in [5.41, 5.74) is 0.424. The van der Waals surface area contributed by atoms with Crippen LogP contribution in [-0.2, 0) is 13.0 Å². The van der Waals surface area contributed by atoms with Crippen LogP contribution < -0.4 is 10.1 Å². The van der Waals surface area contributed by atoms with Gasteiger partial charge in [0.2, 0.25) is 0 Å².